The van der Waals surface area contributed by atoms with E-state index in [0.717, 1.165) is 6.42 Å². The number of allylic oxidation sites excluding steroid dienone is 1. The van der Waals surface area contributed by atoms with Crippen molar-refractivity contribution in [1.29, 1.82) is 0 Å². The number of benzene rings is 1. The molecule has 1 atom stereocenters. The van der Waals surface area contributed by atoms with E-state index in [1.807, 2.05) is 6.08 Å². The minimum atomic E-state index is -0.863. The summed E-state index contributed by atoms with van der Waals surface area (Å²) in [6.45, 7) is 3.20. The van der Waals surface area contributed by atoms with Crippen molar-refractivity contribution in [1.82, 2.24) is 4.57 Å². The molecule has 148 valence electrons. The maximum absolute atomic E-state index is 11.4. The summed E-state index contributed by atoms with van der Waals surface area (Å²) < 4.78 is 5.96. The molecule has 0 saturated heterocycles. The molecule has 1 heterocycles. The van der Waals surface area contributed by atoms with E-state index in [1.165, 1.54) is 18.6 Å². The van der Waals surface area contributed by atoms with Crippen LogP contribution in [0, 0.1) is 0 Å². The normalized spacial score (nSPS) is 14.5. The van der Waals surface area contributed by atoms with Crippen LogP contribution in [0.25, 0.3) is 11.8 Å². The monoisotopic (exact) mass is 404 g/mol. The van der Waals surface area contributed by atoms with Gasteiger partial charge in [-0.2, -0.15) is 0 Å². The molecule has 2 aromatic rings. The van der Waals surface area contributed by atoms with Gasteiger partial charge in [-0.1, -0.05) is 28.9 Å². The zero-order valence-electron chi connectivity index (χ0n) is 15.8. The Balaban J connectivity index is 1.98. The van der Waals surface area contributed by atoms with Gasteiger partial charge in [0.1, 0.15) is 0 Å². The predicted octanol–water partition coefficient (Wildman–Crippen LogP) is 3.80. The molecule has 2 N–H and O–H groups in total. The molecule has 28 heavy (non-hydrogen) atoms. The minimum absolute atomic E-state index is 0.00437. The maximum Gasteiger partial charge on any atom is 0.349 e. The molecule has 1 aromatic heterocycles. The van der Waals surface area contributed by atoms with E-state index in [-0.39, 0.29) is 11.8 Å². The molecule has 3 rings (SSSR count). The van der Waals surface area contributed by atoms with Gasteiger partial charge in [-0.05, 0) is 44.9 Å². The number of methoxy groups -OCH3 is 1. The zero-order chi connectivity index (χ0) is 20.4. The molecule has 0 aliphatic heterocycles. The summed E-state index contributed by atoms with van der Waals surface area (Å²) in [4.78, 5) is 16.6. The van der Waals surface area contributed by atoms with Crippen molar-refractivity contribution < 1.29 is 24.6 Å². The van der Waals surface area contributed by atoms with Crippen LogP contribution in [-0.4, -0.2) is 39.7 Å². The Labute approximate surface area is 167 Å². The lowest BCUT2D eigenvalue weighted by Gasteiger charge is -2.12. The van der Waals surface area contributed by atoms with Crippen molar-refractivity contribution in [3.63, 3.8) is 0 Å². The maximum atomic E-state index is 11.4. The molecule has 0 amide bonds. The van der Waals surface area contributed by atoms with Crippen molar-refractivity contribution in [2.45, 2.75) is 32.8 Å². The Bertz CT molecular complexity index is 977. The number of aromatic hydroxyl groups is 2. The van der Waals surface area contributed by atoms with Crippen LogP contribution in [0.5, 0.6) is 11.8 Å². The van der Waals surface area contributed by atoms with E-state index < -0.39 is 12.1 Å². The van der Waals surface area contributed by atoms with Gasteiger partial charge in [-0.25, -0.2) is 4.79 Å². The van der Waals surface area contributed by atoms with Gasteiger partial charge in [0, 0.05) is 21.7 Å². The standard InChI is InChI=1S/C20H21ClN2O5/c1-11(22-28-12(2)20(26)27-3)16-10-13(8-9-17(16)21)23-18(24)14-6-4-5-7-15(14)19(23)25/h4,6,8-10,12,24-25H,5,7H2,1-3H3. The van der Waals surface area contributed by atoms with Crippen molar-refractivity contribution in [3.8, 4) is 17.4 Å². The Hall–Kier alpha value is -2.93. The number of hydrogen-bond donors (Lipinski definition) is 2. The van der Waals surface area contributed by atoms with Crippen LogP contribution in [0.2, 0.25) is 5.02 Å². The van der Waals surface area contributed by atoms with Gasteiger partial charge in [-0.15, -0.1) is 0 Å². The van der Waals surface area contributed by atoms with E-state index in [9.17, 15) is 15.0 Å². The number of esters is 1. The van der Waals surface area contributed by atoms with Gasteiger partial charge in [0.05, 0.1) is 18.5 Å². The van der Waals surface area contributed by atoms with Crippen LogP contribution in [0.3, 0.4) is 0 Å². The fourth-order valence-electron chi connectivity index (χ4n) is 3.05. The topological polar surface area (TPSA) is 93.3 Å². The number of carbonyl (C=O) groups is 1. The van der Waals surface area contributed by atoms with Crippen LogP contribution < -0.4 is 0 Å². The third-order valence-corrected chi connectivity index (χ3v) is 4.91. The number of hydrogen-bond acceptors (Lipinski definition) is 6. The fraction of sp³-hybridized carbons (Fsp3) is 0.300. The first-order valence-corrected chi connectivity index (χ1v) is 9.13. The first kappa shape index (κ1) is 19.8. The SMILES string of the molecule is COC(=O)C(C)ON=C(C)c1cc(-n2c(O)c3c(c2O)CCC=C3)ccc1Cl. The number of rotatable bonds is 5. The fourth-order valence-corrected chi connectivity index (χ4v) is 3.31. The molecule has 0 radical (unpaired) electrons. The number of nitrogens with zero attached hydrogens (tertiary/aromatic N) is 2. The second-order valence-electron chi connectivity index (χ2n) is 6.43. The van der Waals surface area contributed by atoms with Crippen LogP contribution in [0.15, 0.2) is 29.4 Å². The first-order valence-electron chi connectivity index (χ1n) is 8.75. The summed E-state index contributed by atoms with van der Waals surface area (Å²) in [5, 5.41) is 25.6. The van der Waals surface area contributed by atoms with E-state index in [0.29, 0.717) is 39.5 Å². The molecular formula is C20H21ClN2O5. The Morgan fingerprint density at radius 3 is 2.75 bits per heavy atom. The molecule has 1 aromatic carbocycles. The van der Waals surface area contributed by atoms with Crippen molar-refractivity contribution >= 4 is 29.4 Å². The van der Waals surface area contributed by atoms with Crippen molar-refractivity contribution in [2.24, 2.45) is 5.16 Å². The number of aromatic nitrogens is 1. The lowest BCUT2D eigenvalue weighted by atomic mass is 10.0. The lowest BCUT2D eigenvalue weighted by Crippen LogP contribution is -2.20. The molecule has 1 aliphatic rings. The molecule has 0 saturated carbocycles. The summed E-state index contributed by atoms with van der Waals surface area (Å²) in [7, 11) is 1.27. The van der Waals surface area contributed by atoms with E-state index in [4.69, 9.17) is 16.4 Å². The second-order valence-corrected chi connectivity index (χ2v) is 6.83. The molecular weight excluding hydrogens is 384 g/mol. The van der Waals surface area contributed by atoms with Crippen LogP contribution in [-0.2, 0) is 20.8 Å². The third-order valence-electron chi connectivity index (χ3n) is 4.58. The Morgan fingerprint density at radius 1 is 1.32 bits per heavy atom. The highest BCUT2D eigenvalue weighted by Gasteiger charge is 2.23. The third kappa shape index (κ3) is 3.57. The zero-order valence-corrected chi connectivity index (χ0v) is 16.5. The molecule has 1 unspecified atom stereocenters. The molecule has 0 bridgehead atoms. The second kappa shape index (κ2) is 7.98. The van der Waals surface area contributed by atoms with Gasteiger partial charge in [-0.3, -0.25) is 4.57 Å². The molecule has 8 heteroatoms. The van der Waals surface area contributed by atoms with E-state index >= 15 is 0 Å². The van der Waals surface area contributed by atoms with E-state index in [1.54, 1.807) is 31.2 Å². The number of ether oxygens (including phenoxy) is 1. The Kier molecular flexibility index (Phi) is 5.65. The first-order chi connectivity index (χ1) is 13.3. The predicted molar refractivity (Wildman–Crippen MR) is 106 cm³/mol. The van der Waals surface area contributed by atoms with Crippen LogP contribution >= 0.6 is 11.6 Å². The van der Waals surface area contributed by atoms with Crippen LogP contribution in [0.4, 0.5) is 0 Å². The quantitative estimate of drug-likeness (QED) is 0.449. The smallest absolute Gasteiger partial charge is 0.349 e. The summed E-state index contributed by atoms with van der Waals surface area (Å²) >= 11 is 6.29. The van der Waals surface area contributed by atoms with Gasteiger partial charge in [0.2, 0.25) is 17.9 Å². The summed E-state index contributed by atoms with van der Waals surface area (Å²) in [5.41, 5.74) is 2.81. The van der Waals surface area contributed by atoms with Gasteiger partial charge < -0.3 is 19.8 Å². The largest absolute Gasteiger partial charge is 0.494 e. The van der Waals surface area contributed by atoms with E-state index in [2.05, 4.69) is 9.89 Å². The highest BCUT2D eigenvalue weighted by Crippen LogP contribution is 2.40. The average Bonchev–Trinajstić information content (AvgIpc) is 2.96. The number of oxime groups is 1. The molecule has 0 fully saturated rings. The van der Waals surface area contributed by atoms with Gasteiger partial charge in [0.15, 0.2) is 0 Å². The summed E-state index contributed by atoms with van der Waals surface area (Å²) in [6.07, 6.45) is 4.35. The Morgan fingerprint density at radius 2 is 2.07 bits per heavy atom. The van der Waals surface area contributed by atoms with Gasteiger partial charge >= 0.3 is 5.97 Å². The highest BCUT2D eigenvalue weighted by molar-refractivity contribution is 6.34. The summed E-state index contributed by atoms with van der Waals surface area (Å²) in [6, 6.07) is 5.01. The van der Waals surface area contributed by atoms with Crippen LogP contribution in [0.1, 0.15) is 37.0 Å². The number of carbonyl (C=O) groups excluding carboxylic acids is 1. The minimum Gasteiger partial charge on any atom is -0.494 e. The number of halogens is 1. The van der Waals surface area contributed by atoms with Crippen molar-refractivity contribution in [2.75, 3.05) is 7.11 Å². The molecule has 1 aliphatic carbocycles. The lowest BCUT2D eigenvalue weighted by molar-refractivity contribution is -0.152. The summed E-state index contributed by atoms with van der Waals surface area (Å²) in [5.74, 6) is -0.589. The number of fused-ring (bicyclic) bond motifs is 1. The molecule has 7 nitrogen and oxygen atoms in total. The van der Waals surface area contributed by atoms with Crippen molar-refractivity contribution in [3.05, 3.63) is 46.0 Å². The van der Waals surface area contributed by atoms with Gasteiger partial charge in [0.25, 0.3) is 0 Å². The molecule has 0 spiro atoms. The highest BCUT2D eigenvalue weighted by atomic mass is 35.5. The average molecular weight is 405 g/mol.